The Morgan fingerprint density at radius 3 is 2.22 bits per heavy atom. The number of hydrogen-bond donors (Lipinski definition) is 1. The summed E-state index contributed by atoms with van der Waals surface area (Å²) >= 11 is 0. The van der Waals surface area contributed by atoms with Crippen molar-refractivity contribution >= 4 is 36.4 Å². The second-order valence-electron chi connectivity index (χ2n) is 7.06. The summed E-state index contributed by atoms with van der Waals surface area (Å²) in [7, 11) is 1.88. The molecule has 0 radical (unpaired) electrons. The van der Waals surface area contributed by atoms with Crippen LogP contribution >= 0.6 is 24.8 Å². The molecule has 3 rings (SSSR count). The third kappa shape index (κ3) is 5.16. The van der Waals surface area contributed by atoms with Crippen LogP contribution in [-0.4, -0.2) is 37.0 Å². The smallest absolute Gasteiger partial charge is 0.247 e. The molecule has 1 amide bonds. The second kappa shape index (κ2) is 9.98. The maximum Gasteiger partial charge on any atom is 0.247 e. The van der Waals surface area contributed by atoms with Crippen LogP contribution in [0.1, 0.15) is 25.3 Å². The number of piperidine rings is 1. The monoisotopic (exact) mass is 409 g/mol. The Balaban J connectivity index is 0.00000182. The average molecular weight is 410 g/mol. The Morgan fingerprint density at radius 1 is 1.07 bits per heavy atom. The first-order valence-electron chi connectivity index (χ1n) is 8.92. The number of carbonyl (C=O) groups excluding carboxylic acids is 1. The van der Waals surface area contributed by atoms with Gasteiger partial charge in [-0.2, -0.15) is 0 Å². The molecule has 0 spiro atoms. The number of nitrogens with zero attached hydrogens (tertiary/aromatic N) is 2. The first-order valence-corrected chi connectivity index (χ1v) is 8.92. The van der Waals surface area contributed by atoms with Gasteiger partial charge >= 0.3 is 0 Å². The van der Waals surface area contributed by atoms with Crippen molar-refractivity contribution in [3.63, 3.8) is 0 Å². The van der Waals surface area contributed by atoms with Gasteiger partial charge in [0.2, 0.25) is 5.91 Å². The third-order valence-electron chi connectivity index (χ3n) is 5.20. The lowest BCUT2D eigenvalue weighted by Gasteiger charge is -2.41. The lowest BCUT2D eigenvalue weighted by molar-refractivity contribution is -0.137. The number of halogens is 2. The highest BCUT2D eigenvalue weighted by molar-refractivity contribution is 5.87. The zero-order chi connectivity index (χ0) is 17.9. The third-order valence-corrected chi connectivity index (χ3v) is 5.20. The topological polar surface area (TPSA) is 49.6 Å². The minimum absolute atomic E-state index is 0. The Labute approximate surface area is 174 Å². The van der Waals surface area contributed by atoms with Crippen LogP contribution in [0.4, 0.5) is 5.69 Å². The van der Waals surface area contributed by atoms with Crippen LogP contribution in [0.5, 0.6) is 0 Å². The normalized spacial score (nSPS) is 18.5. The fraction of sp³-hybridized carbons (Fsp3) is 0.381. The van der Waals surface area contributed by atoms with Gasteiger partial charge < -0.3 is 15.5 Å². The molecular weight excluding hydrogens is 381 g/mol. The Kier molecular flexibility index (Phi) is 8.60. The highest BCUT2D eigenvalue weighted by atomic mass is 35.5. The number of likely N-dealkylation sites (N-methyl/N-ethyl adjacent to an activating group) is 1. The molecule has 0 bridgehead atoms. The van der Waals surface area contributed by atoms with E-state index in [1.165, 1.54) is 5.69 Å². The summed E-state index contributed by atoms with van der Waals surface area (Å²) < 4.78 is 0. The molecule has 1 saturated heterocycles. The number of rotatable bonds is 4. The summed E-state index contributed by atoms with van der Waals surface area (Å²) in [4.78, 5) is 17.3. The van der Waals surface area contributed by atoms with E-state index in [1.807, 2.05) is 48.3 Å². The summed E-state index contributed by atoms with van der Waals surface area (Å²) in [6, 6.07) is 20.2. The van der Waals surface area contributed by atoms with Gasteiger partial charge in [0.25, 0.3) is 0 Å². The van der Waals surface area contributed by atoms with E-state index in [2.05, 4.69) is 29.2 Å². The SMILES string of the molecule is CN(C(=O)C(C)(N)c1ccccc1)C1CCCN(c2ccccc2)C1.Cl.Cl. The minimum Gasteiger partial charge on any atom is -0.369 e. The summed E-state index contributed by atoms with van der Waals surface area (Å²) in [5, 5.41) is 0. The highest BCUT2D eigenvalue weighted by Crippen LogP contribution is 2.25. The van der Waals surface area contributed by atoms with Gasteiger partial charge in [0.15, 0.2) is 0 Å². The lowest BCUT2D eigenvalue weighted by Crippen LogP contribution is -2.56. The van der Waals surface area contributed by atoms with Crippen LogP contribution in [-0.2, 0) is 10.3 Å². The predicted molar refractivity (Wildman–Crippen MR) is 117 cm³/mol. The van der Waals surface area contributed by atoms with Crippen LogP contribution in [0.3, 0.4) is 0 Å². The van der Waals surface area contributed by atoms with E-state index in [4.69, 9.17) is 5.73 Å². The zero-order valence-electron chi connectivity index (χ0n) is 15.9. The van der Waals surface area contributed by atoms with E-state index in [9.17, 15) is 4.79 Å². The van der Waals surface area contributed by atoms with E-state index in [1.54, 1.807) is 6.92 Å². The van der Waals surface area contributed by atoms with Gasteiger partial charge in [0, 0.05) is 31.9 Å². The summed E-state index contributed by atoms with van der Waals surface area (Å²) in [5.41, 5.74) is 7.49. The molecule has 27 heavy (non-hydrogen) atoms. The quantitative estimate of drug-likeness (QED) is 0.834. The van der Waals surface area contributed by atoms with E-state index in [0.29, 0.717) is 0 Å². The van der Waals surface area contributed by atoms with Gasteiger partial charge in [0.1, 0.15) is 5.54 Å². The van der Waals surface area contributed by atoms with Gasteiger partial charge in [-0.05, 0) is 37.5 Å². The summed E-state index contributed by atoms with van der Waals surface area (Å²) in [5.74, 6) is -0.0291. The van der Waals surface area contributed by atoms with Gasteiger partial charge in [-0.25, -0.2) is 0 Å². The van der Waals surface area contributed by atoms with Crippen LogP contribution in [0.15, 0.2) is 60.7 Å². The zero-order valence-corrected chi connectivity index (χ0v) is 17.5. The molecule has 2 aromatic rings. The lowest BCUT2D eigenvalue weighted by atomic mass is 9.90. The molecule has 0 aliphatic carbocycles. The van der Waals surface area contributed by atoms with Crippen LogP contribution in [0, 0.1) is 0 Å². The fourth-order valence-corrected chi connectivity index (χ4v) is 3.58. The van der Waals surface area contributed by atoms with Crippen molar-refractivity contribution in [3.8, 4) is 0 Å². The largest absolute Gasteiger partial charge is 0.369 e. The van der Waals surface area contributed by atoms with Gasteiger partial charge in [-0.15, -0.1) is 24.8 Å². The average Bonchev–Trinajstić information content (AvgIpc) is 2.68. The molecule has 2 atom stereocenters. The Hall–Kier alpha value is -1.75. The molecule has 2 aromatic carbocycles. The maximum atomic E-state index is 13.1. The Morgan fingerprint density at radius 2 is 1.63 bits per heavy atom. The molecule has 4 nitrogen and oxygen atoms in total. The molecule has 1 fully saturated rings. The van der Waals surface area contributed by atoms with Gasteiger partial charge in [0.05, 0.1) is 0 Å². The summed E-state index contributed by atoms with van der Waals surface area (Å²) in [6.45, 7) is 3.68. The van der Waals surface area contributed by atoms with Crippen molar-refractivity contribution in [3.05, 3.63) is 66.2 Å². The first-order chi connectivity index (χ1) is 12.0. The van der Waals surface area contributed by atoms with Gasteiger partial charge in [-0.3, -0.25) is 4.79 Å². The fourth-order valence-electron chi connectivity index (χ4n) is 3.58. The minimum atomic E-state index is -1.01. The van der Waals surface area contributed by atoms with Crippen LogP contribution in [0.25, 0.3) is 0 Å². The van der Waals surface area contributed by atoms with Crippen molar-refractivity contribution in [2.75, 3.05) is 25.0 Å². The maximum absolute atomic E-state index is 13.1. The van der Waals surface area contributed by atoms with Gasteiger partial charge in [-0.1, -0.05) is 48.5 Å². The number of hydrogen-bond acceptors (Lipinski definition) is 3. The number of anilines is 1. The highest BCUT2D eigenvalue weighted by Gasteiger charge is 2.36. The number of amides is 1. The van der Waals surface area contributed by atoms with Crippen LogP contribution in [0.2, 0.25) is 0 Å². The molecule has 2 N–H and O–H groups in total. The second-order valence-corrected chi connectivity index (χ2v) is 7.06. The molecular formula is C21H29Cl2N3O. The number of carbonyl (C=O) groups is 1. The Bertz CT molecular complexity index is 710. The number of benzene rings is 2. The number of para-hydroxylation sites is 1. The molecule has 0 saturated carbocycles. The molecule has 2 unspecified atom stereocenters. The molecule has 1 aliphatic rings. The van der Waals surface area contributed by atoms with Crippen LogP contribution < -0.4 is 10.6 Å². The van der Waals surface area contributed by atoms with Crippen molar-refractivity contribution in [1.29, 1.82) is 0 Å². The van der Waals surface area contributed by atoms with Crippen molar-refractivity contribution in [1.82, 2.24) is 4.90 Å². The van der Waals surface area contributed by atoms with E-state index < -0.39 is 5.54 Å². The van der Waals surface area contributed by atoms with E-state index in [0.717, 1.165) is 31.5 Å². The molecule has 148 valence electrons. The molecule has 1 heterocycles. The molecule has 1 aliphatic heterocycles. The molecule has 6 heteroatoms. The van der Waals surface area contributed by atoms with E-state index in [-0.39, 0.29) is 36.8 Å². The summed E-state index contributed by atoms with van der Waals surface area (Å²) in [6.07, 6.45) is 2.08. The first kappa shape index (κ1) is 23.3. The molecule has 0 aromatic heterocycles. The van der Waals surface area contributed by atoms with Crippen molar-refractivity contribution < 1.29 is 4.79 Å². The standard InChI is InChI=1S/C21H27N3O.2ClH/c1-21(22,17-10-5-3-6-11-17)20(25)23(2)19-14-9-15-24(16-19)18-12-7-4-8-13-18;;/h3-8,10-13,19H,9,14-16,22H2,1-2H3;2*1H. The van der Waals surface area contributed by atoms with Crippen molar-refractivity contribution in [2.24, 2.45) is 5.73 Å². The number of nitrogens with two attached hydrogens (primary N) is 1. The predicted octanol–water partition coefficient (Wildman–Crippen LogP) is 3.83. The van der Waals surface area contributed by atoms with E-state index >= 15 is 0 Å². The van der Waals surface area contributed by atoms with Crippen molar-refractivity contribution in [2.45, 2.75) is 31.3 Å².